The van der Waals surface area contributed by atoms with E-state index in [1.807, 2.05) is 0 Å². The second kappa shape index (κ2) is 6.47. The number of para-hydroxylation sites is 1. The molecule has 1 aromatic carbocycles. The average molecular weight is 240 g/mol. The molecular formula is C11H13FN2O3. The Kier molecular flexibility index (Phi) is 4.93. The largest absolute Gasteiger partial charge is 0.469 e. The molecule has 6 heteroatoms. The van der Waals surface area contributed by atoms with Crippen LogP contribution in [0.1, 0.15) is 6.42 Å². The maximum atomic E-state index is 13.1. The SMILES string of the molecule is COC(=O)CCNC(=O)Nc1ccccc1F. The molecule has 0 fully saturated rings. The number of carbonyl (C=O) groups excluding carboxylic acids is 2. The number of amides is 2. The Balaban J connectivity index is 2.35. The molecule has 0 aliphatic heterocycles. The standard InChI is InChI=1S/C11H13FN2O3/c1-17-10(15)6-7-13-11(16)14-9-5-3-2-4-8(9)12/h2-5H,6-7H2,1H3,(H2,13,14,16). The van der Waals surface area contributed by atoms with Crippen LogP contribution >= 0.6 is 0 Å². The third-order valence-electron chi connectivity index (χ3n) is 1.96. The molecule has 2 N–H and O–H groups in total. The van der Waals surface area contributed by atoms with Crippen molar-refractivity contribution in [3.8, 4) is 0 Å². The van der Waals surface area contributed by atoms with Gasteiger partial charge in [0.25, 0.3) is 0 Å². The second-order valence-electron chi connectivity index (χ2n) is 3.19. The lowest BCUT2D eigenvalue weighted by molar-refractivity contribution is -0.140. The van der Waals surface area contributed by atoms with Crippen LogP contribution in [0.4, 0.5) is 14.9 Å². The lowest BCUT2D eigenvalue weighted by Crippen LogP contribution is -2.31. The summed E-state index contributed by atoms with van der Waals surface area (Å²) in [6, 6.07) is 5.24. The monoisotopic (exact) mass is 240 g/mol. The minimum absolute atomic E-state index is 0.0706. The van der Waals surface area contributed by atoms with Gasteiger partial charge in [0.1, 0.15) is 5.82 Å². The summed E-state index contributed by atoms with van der Waals surface area (Å²) in [5.74, 6) is -0.938. The van der Waals surface area contributed by atoms with Gasteiger partial charge in [-0.25, -0.2) is 9.18 Å². The molecule has 0 atom stereocenters. The van der Waals surface area contributed by atoms with Crippen molar-refractivity contribution in [2.45, 2.75) is 6.42 Å². The molecule has 0 saturated carbocycles. The van der Waals surface area contributed by atoms with Crippen LogP contribution in [-0.4, -0.2) is 25.7 Å². The number of ether oxygens (including phenoxy) is 1. The smallest absolute Gasteiger partial charge is 0.319 e. The molecule has 1 rings (SSSR count). The van der Waals surface area contributed by atoms with Crippen LogP contribution in [-0.2, 0) is 9.53 Å². The molecule has 92 valence electrons. The zero-order valence-electron chi connectivity index (χ0n) is 9.33. The molecule has 0 saturated heterocycles. The second-order valence-corrected chi connectivity index (χ2v) is 3.19. The molecular weight excluding hydrogens is 227 g/mol. The van der Waals surface area contributed by atoms with E-state index >= 15 is 0 Å². The Bertz CT molecular complexity index is 409. The van der Waals surface area contributed by atoms with Crippen LogP contribution in [0.15, 0.2) is 24.3 Å². The third-order valence-corrected chi connectivity index (χ3v) is 1.96. The van der Waals surface area contributed by atoms with Crippen LogP contribution in [0, 0.1) is 5.82 Å². The number of methoxy groups -OCH3 is 1. The van der Waals surface area contributed by atoms with Gasteiger partial charge in [-0.1, -0.05) is 12.1 Å². The minimum atomic E-state index is -0.570. The molecule has 0 bridgehead atoms. The Morgan fingerprint density at radius 2 is 2.06 bits per heavy atom. The van der Waals surface area contributed by atoms with Gasteiger partial charge in [-0.05, 0) is 12.1 Å². The Morgan fingerprint density at radius 3 is 2.71 bits per heavy atom. The number of anilines is 1. The molecule has 0 aromatic heterocycles. The summed E-state index contributed by atoms with van der Waals surface area (Å²) in [4.78, 5) is 22.0. The summed E-state index contributed by atoms with van der Waals surface area (Å²) in [5.41, 5.74) is 0.0862. The van der Waals surface area contributed by atoms with Gasteiger partial charge in [-0.3, -0.25) is 4.79 Å². The molecule has 0 aliphatic carbocycles. The van der Waals surface area contributed by atoms with Crippen molar-refractivity contribution in [2.24, 2.45) is 0 Å². The number of esters is 1. The summed E-state index contributed by atoms with van der Waals surface area (Å²) in [6.45, 7) is 0.132. The molecule has 0 heterocycles. The summed E-state index contributed by atoms with van der Waals surface area (Å²) >= 11 is 0. The fraction of sp³-hybridized carbons (Fsp3) is 0.273. The quantitative estimate of drug-likeness (QED) is 0.784. The first-order valence-corrected chi connectivity index (χ1v) is 4.99. The number of carbonyl (C=O) groups is 2. The van der Waals surface area contributed by atoms with Gasteiger partial charge in [0.15, 0.2) is 0 Å². The van der Waals surface area contributed by atoms with E-state index in [-0.39, 0.29) is 18.7 Å². The number of benzene rings is 1. The average Bonchev–Trinajstić information content (AvgIpc) is 2.32. The maximum Gasteiger partial charge on any atom is 0.319 e. The highest BCUT2D eigenvalue weighted by Gasteiger charge is 2.06. The molecule has 1 aromatic rings. The highest BCUT2D eigenvalue weighted by Crippen LogP contribution is 2.11. The lowest BCUT2D eigenvalue weighted by Gasteiger charge is -2.07. The zero-order valence-corrected chi connectivity index (χ0v) is 9.33. The number of urea groups is 1. The van der Waals surface area contributed by atoms with E-state index in [1.165, 1.54) is 25.3 Å². The van der Waals surface area contributed by atoms with E-state index in [9.17, 15) is 14.0 Å². The summed E-state index contributed by atoms with van der Waals surface area (Å²) in [6.07, 6.45) is 0.0706. The first-order valence-electron chi connectivity index (χ1n) is 4.99. The highest BCUT2D eigenvalue weighted by atomic mass is 19.1. The van der Waals surface area contributed by atoms with Gasteiger partial charge in [-0.2, -0.15) is 0 Å². The topological polar surface area (TPSA) is 67.4 Å². The molecule has 0 unspecified atom stereocenters. The van der Waals surface area contributed by atoms with E-state index in [2.05, 4.69) is 15.4 Å². The summed E-state index contributed by atoms with van der Waals surface area (Å²) < 4.78 is 17.5. The van der Waals surface area contributed by atoms with Crippen LogP contribution in [0.2, 0.25) is 0 Å². The number of hydrogen-bond donors (Lipinski definition) is 2. The van der Waals surface area contributed by atoms with Crippen molar-refractivity contribution in [3.05, 3.63) is 30.1 Å². The van der Waals surface area contributed by atoms with Crippen molar-refractivity contribution in [1.82, 2.24) is 5.32 Å². The molecule has 17 heavy (non-hydrogen) atoms. The number of rotatable bonds is 4. The highest BCUT2D eigenvalue weighted by molar-refractivity contribution is 5.89. The van der Waals surface area contributed by atoms with Gasteiger partial charge < -0.3 is 15.4 Å². The number of halogens is 1. The normalized spacial score (nSPS) is 9.53. The first-order chi connectivity index (χ1) is 8.13. The van der Waals surface area contributed by atoms with Crippen molar-refractivity contribution in [3.63, 3.8) is 0 Å². The molecule has 0 spiro atoms. The predicted octanol–water partition coefficient (Wildman–Crippen LogP) is 1.51. The van der Waals surface area contributed by atoms with Gasteiger partial charge in [0.2, 0.25) is 0 Å². The molecule has 5 nitrogen and oxygen atoms in total. The lowest BCUT2D eigenvalue weighted by atomic mass is 10.3. The summed E-state index contributed by atoms with van der Waals surface area (Å²) in [5, 5.41) is 4.73. The van der Waals surface area contributed by atoms with Crippen LogP contribution in [0.5, 0.6) is 0 Å². The van der Waals surface area contributed by atoms with Crippen molar-refractivity contribution in [1.29, 1.82) is 0 Å². The third kappa shape index (κ3) is 4.50. The predicted molar refractivity (Wildman–Crippen MR) is 60.1 cm³/mol. The minimum Gasteiger partial charge on any atom is -0.469 e. The van der Waals surface area contributed by atoms with E-state index in [0.717, 1.165) is 0 Å². The Hall–Kier alpha value is -2.11. The van der Waals surface area contributed by atoms with Gasteiger partial charge in [0, 0.05) is 6.54 Å². The zero-order chi connectivity index (χ0) is 12.7. The molecule has 2 amide bonds. The maximum absolute atomic E-state index is 13.1. The Labute approximate surface area is 98.0 Å². The van der Waals surface area contributed by atoms with Crippen molar-refractivity contribution < 1.29 is 18.7 Å². The first kappa shape index (κ1) is 13.0. The van der Waals surface area contributed by atoms with E-state index in [1.54, 1.807) is 6.07 Å². The van der Waals surface area contributed by atoms with E-state index < -0.39 is 17.8 Å². The fourth-order valence-electron chi connectivity index (χ4n) is 1.11. The number of nitrogens with one attached hydrogen (secondary N) is 2. The molecule has 0 aliphatic rings. The van der Waals surface area contributed by atoms with E-state index in [4.69, 9.17) is 0 Å². The fourth-order valence-corrected chi connectivity index (χ4v) is 1.11. The van der Waals surface area contributed by atoms with E-state index in [0.29, 0.717) is 0 Å². The van der Waals surface area contributed by atoms with Crippen LogP contribution in [0.3, 0.4) is 0 Å². The van der Waals surface area contributed by atoms with Crippen LogP contribution < -0.4 is 10.6 Å². The summed E-state index contributed by atoms with van der Waals surface area (Å²) in [7, 11) is 1.27. The van der Waals surface area contributed by atoms with Crippen molar-refractivity contribution >= 4 is 17.7 Å². The van der Waals surface area contributed by atoms with Gasteiger partial charge >= 0.3 is 12.0 Å². The van der Waals surface area contributed by atoms with Gasteiger partial charge in [-0.15, -0.1) is 0 Å². The van der Waals surface area contributed by atoms with Crippen molar-refractivity contribution in [2.75, 3.05) is 19.0 Å². The molecule has 0 radical (unpaired) electrons. The van der Waals surface area contributed by atoms with Crippen LogP contribution in [0.25, 0.3) is 0 Å². The van der Waals surface area contributed by atoms with Gasteiger partial charge in [0.05, 0.1) is 19.2 Å². The Morgan fingerprint density at radius 1 is 1.35 bits per heavy atom. The number of hydrogen-bond acceptors (Lipinski definition) is 3.